The van der Waals surface area contributed by atoms with E-state index in [0.717, 1.165) is 6.29 Å². The Balaban J connectivity index is 4.09. The number of ether oxygens (including phenoxy) is 1. The van der Waals surface area contributed by atoms with Crippen molar-refractivity contribution in [3.8, 4) is 0 Å². The van der Waals surface area contributed by atoms with Crippen molar-refractivity contribution in [1.29, 1.82) is 0 Å². The van der Waals surface area contributed by atoms with Gasteiger partial charge in [-0.1, -0.05) is 34.6 Å². The first-order valence-corrected chi connectivity index (χ1v) is 5.16. The van der Waals surface area contributed by atoms with Crippen LogP contribution in [-0.2, 0) is 9.53 Å². The minimum absolute atomic E-state index is 0.292. The van der Waals surface area contributed by atoms with E-state index in [1.165, 1.54) is 0 Å². The Kier molecular flexibility index (Phi) is 5.33. The maximum absolute atomic E-state index is 11.3. The number of hydrogen-bond donors (Lipinski definition) is 1. The molecule has 0 aliphatic heterocycles. The standard InChI is InChI=1S/C11H21NO3/c1-8(2)7-15-10(14)12-9(6-13)11(3,4)5/h6,8-9H,7H2,1-5H3,(H,12,14)/t9-/m1/s1. The molecule has 0 rings (SSSR count). The van der Waals surface area contributed by atoms with E-state index in [1.54, 1.807) is 0 Å². The van der Waals surface area contributed by atoms with Gasteiger partial charge >= 0.3 is 6.09 Å². The van der Waals surface area contributed by atoms with Crippen LogP contribution in [0.2, 0.25) is 0 Å². The zero-order valence-corrected chi connectivity index (χ0v) is 10.2. The van der Waals surface area contributed by atoms with Gasteiger partial charge in [0.2, 0.25) is 0 Å². The second kappa shape index (κ2) is 5.73. The molecule has 0 bridgehead atoms. The van der Waals surface area contributed by atoms with E-state index in [4.69, 9.17) is 4.74 Å². The van der Waals surface area contributed by atoms with E-state index in [1.807, 2.05) is 34.6 Å². The largest absolute Gasteiger partial charge is 0.449 e. The minimum Gasteiger partial charge on any atom is -0.449 e. The summed E-state index contributed by atoms with van der Waals surface area (Å²) in [6.07, 6.45) is 0.201. The Labute approximate surface area is 91.4 Å². The van der Waals surface area contributed by atoms with Gasteiger partial charge in [-0.25, -0.2) is 4.79 Å². The fourth-order valence-electron chi connectivity index (χ4n) is 0.866. The highest BCUT2D eigenvalue weighted by molar-refractivity contribution is 5.73. The number of nitrogens with one attached hydrogen (secondary N) is 1. The molecule has 0 aromatic carbocycles. The van der Waals surface area contributed by atoms with Gasteiger partial charge in [-0.15, -0.1) is 0 Å². The first kappa shape index (κ1) is 13.9. The Morgan fingerprint density at radius 1 is 1.40 bits per heavy atom. The number of hydrogen-bond acceptors (Lipinski definition) is 3. The molecule has 0 aliphatic carbocycles. The van der Waals surface area contributed by atoms with E-state index < -0.39 is 12.1 Å². The second-order valence-electron chi connectivity index (χ2n) is 5.12. The van der Waals surface area contributed by atoms with Crippen LogP contribution in [0.25, 0.3) is 0 Å². The SMILES string of the molecule is CC(C)COC(=O)N[C@H](C=O)C(C)(C)C. The van der Waals surface area contributed by atoms with Gasteiger partial charge in [0.1, 0.15) is 6.29 Å². The molecule has 15 heavy (non-hydrogen) atoms. The first-order chi connectivity index (χ1) is 6.77. The Morgan fingerprint density at radius 3 is 2.27 bits per heavy atom. The maximum atomic E-state index is 11.3. The topological polar surface area (TPSA) is 55.4 Å². The Hall–Kier alpha value is -1.06. The predicted molar refractivity (Wildman–Crippen MR) is 58.6 cm³/mol. The van der Waals surface area contributed by atoms with E-state index >= 15 is 0 Å². The number of carbonyl (C=O) groups is 2. The number of rotatable bonds is 4. The molecule has 1 N–H and O–H groups in total. The summed E-state index contributed by atoms with van der Waals surface area (Å²) in [7, 11) is 0. The molecule has 0 aliphatic rings. The van der Waals surface area contributed by atoms with Crippen molar-refractivity contribution in [2.24, 2.45) is 11.3 Å². The van der Waals surface area contributed by atoms with Gasteiger partial charge in [0.25, 0.3) is 0 Å². The predicted octanol–water partition coefficient (Wildman–Crippen LogP) is 1.98. The molecule has 0 aromatic heterocycles. The molecule has 4 heteroatoms. The van der Waals surface area contributed by atoms with Gasteiger partial charge in [0, 0.05) is 0 Å². The quantitative estimate of drug-likeness (QED) is 0.729. The average Bonchev–Trinajstić information content (AvgIpc) is 2.08. The fourth-order valence-corrected chi connectivity index (χ4v) is 0.866. The summed E-state index contributed by atoms with van der Waals surface area (Å²) in [5.41, 5.74) is -0.293. The van der Waals surface area contributed by atoms with Crippen molar-refractivity contribution >= 4 is 12.4 Å². The third-order valence-electron chi connectivity index (χ3n) is 1.89. The van der Waals surface area contributed by atoms with Crippen molar-refractivity contribution in [3.05, 3.63) is 0 Å². The molecular formula is C11H21NO3. The molecule has 1 atom stereocenters. The van der Waals surface area contributed by atoms with E-state index in [-0.39, 0.29) is 5.41 Å². The third kappa shape index (κ3) is 6.10. The lowest BCUT2D eigenvalue weighted by Gasteiger charge is -2.26. The average molecular weight is 215 g/mol. The molecule has 0 aromatic rings. The van der Waals surface area contributed by atoms with Crippen LogP contribution in [0.5, 0.6) is 0 Å². The highest BCUT2D eigenvalue weighted by atomic mass is 16.5. The molecule has 0 unspecified atom stereocenters. The fraction of sp³-hybridized carbons (Fsp3) is 0.818. The Morgan fingerprint density at radius 2 is 1.93 bits per heavy atom. The van der Waals surface area contributed by atoms with Crippen LogP contribution in [0.1, 0.15) is 34.6 Å². The van der Waals surface area contributed by atoms with Gasteiger partial charge < -0.3 is 14.8 Å². The van der Waals surface area contributed by atoms with Gasteiger partial charge in [0.15, 0.2) is 0 Å². The van der Waals surface area contributed by atoms with Crippen molar-refractivity contribution in [1.82, 2.24) is 5.32 Å². The molecule has 0 saturated carbocycles. The monoisotopic (exact) mass is 215 g/mol. The Bertz CT molecular complexity index is 218. The van der Waals surface area contributed by atoms with Crippen LogP contribution < -0.4 is 5.32 Å². The van der Waals surface area contributed by atoms with Crippen molar-refractivity contribution < 1.29 is 14.3 Å². The summed E-state index contributed by atoms with van der Waals surface area (Å²) >= 11 is 0. The molecule has 0 spiro atoms. The zero-order chi connectivity index (χ0) is 12.1. The van der Waals surface area contributed by atoms with Gasteiger partial charge in [0.05, 0.1) is 12.6 Å². The molecular weight excluding hydrogens is 194 g/mol. The van der Waals surface area contributed by atoms with Crippen molar-refractivity contribution in [2.45, 2.75) is 40.7 Å². The summed E-state index contributed by atoms with van der Waals surface area (Å²) in [5.74, 6) is 0.292. The molecule has 0 radical (unpaired) electrons. The highest BCUT2D eigenvalue weighted by Crippen LogP contribution is 2.17. The highest BCUT2D eigenvalue weighted by Gasteiger charge is 2.26. The second-order valence-corrected chi connectivity index (χ2v) is 5.12. The minimum atomic E-state index is -0.532. The van der Waals surface area contributed by atoms with Crippen LogP contribution in [0.15, 0.2) is 0 Å². The van der Waals surface area contributed by atoms with Crippen LogP contribution in [0.3, 0.4) is 0 Å². The van der Waals surface area contributed by atoms with E-state index in [9.17, 15) is 9.59 Å². The summed E-state index contributed by atoms with van der Waals surface area (Å²) < 4.78 is 4.92. The molecule has 4 nitrogen and oxygen atoms in total. The van der Waals surface area contributed by atoms with Crippen LogP contribution in [0.4, 0.5) is 4.79 Å². The lowest BCUT2D eigenvalue weighted by Crippen LogP contribution is -2.45. The van der Waals surface area contributed by atoms with Crippen molar-refractivity contribution in [3.63, 3.8) is 0 Å². The van der Waals surface area contributed by atoms with E-state index in [0.29, 0.717) is 12.5 Å². The number of amides is 1. The van der Waals surface area contributed by atoms with Gasteiger partial charge in [-0.2, -0.15) is 0 Å². The normalized spacial score (nSPS) is 13.5. The summed E-state index contributed by atoms with van der Waals surface area (Å²) in [5, 5.41) is 2.53. The number of aldehydes is 1. The van der Waals surface area contributed by atoms with Crippen LogP contribution in [0, 0.1) is 11.3 Å². The van der Waals surface area contributed by atoms with Crippen LogP contribution in [-0.4, -0.2) is 25.0 Å². The maximum Gasteiger partial charge on any atom is 0.407 e. The molecule has 0 saturated heterocycles. The molecule has 88 valence electrons. The van der Waals surface area contributed by atoms with Crippen LogP contribution >= 0.6 is 0 Å². The zero-order valence-electron chi connectivity index (χ0n) is 10.2. The lowest BCUT2D eigenvalue weighted by molar-refractivity contribution is -0.111. The number of carbonyl (C=O) groups excluding carboxylic acids is 2. The summed E-state index contributed by atoms with van der Waals surface area (Å²) in [4.78, 5) is 22.0. The summed E-state index contributed by atoms with van der Waals surface area (Å²) in [6, 6.07) is -0.517. The molecule has 1 amide bonds. The molecule has 0 heterocycles. The van der Waals surface area contributed by atoms with Gasteiger partial charge in [-0.3, -0.25) is 0 Å². The molecule has 0 fully saturated rings. The first-order valence-electron chi connectivity index (χ1n) is 5.16. The summed E-state index contributed by atoms with van der Waals surface area (Å²) in [6.45, 7) is 9.92. The smallest absolute Gasteiger partial charge is 0.407 e. The van der Waals surface area contributed by atoms with Crippen molar-refractivity contribution in [2.75, 3.05) is 6.61 Å². The van der Waals surface area contributed by atoms with Gasteiger partial charge in [-0.05, 0) is 11.3 Å². The number of alkyl carbamates (subject to hydrolysis) is 1. The lowest BCUT2D eigenvalue weighted by atomic mass is 9.88. The third-order valence-corrected chi connectivity index (χ3v) is 1.89. The van der Waals surface area contributed by atoms with E-state index in [2.05, 4.69) is 5.32 Å².